The standard InChI is InChI=1S/C23H26N2O3.ClH/c1-24-14-16-7-6-12-25(15-16)23(26)22-21(17-8-4-3-5-9-17)19-11-10-18(27-2)13-20(19)28-22;/h3-5,8-11,13,16,24H,6-7,12,14-15H2,1-2H3;1H. The Morgan fingerprint density at radius 3 is 2.76 bits per heavy atom. The highest BCUT2D eigenvalue weighted by molar-refractivity contribution is 6.08. The van der Waals surface area contributed by atoms with Gasteiger partial charge in [0.2, 0.25) is 5.76 Å². The Labute approximate surface area is 177 Å². The maximum absolute atomic E-state index is 13.4. The number of ether oxygens (including phenoxy) is 1. The molecule has 0 aliphatic carbocycles. The molecule has 4 rings (SSSR count). The molecule has 29 heavy (non-hydrogen) atoms. The molecule has 0 saturated carbocycles. The van der Waals surface area contributed by atoms with E-state index < -0.39 is 0 Å². The van der Waals surface area contributed by atoms with E-state index in [2.05, 4.69) is 5.32 Å². The second-order valence-corrected chi connectivity index (χ2v) is 7.35. The third-order valence-electron chi connectivity index (χ3n) is 5.45. The van der Waals surface area contributed by atoms with E-state index in [1.807, 2.05) is 60.5 Å². The fourth-order valence-electron chi connectivity index (χ4n) is 4.09. The molecule has 0 radical (unpaired) electrons. The molecule has 1 aromatic heterocycles. The van der Waals surface area contributed by atoms with Gasteiger partial charge in [0.25, 0.3) is 5.91 Å². The molecular formula is C23H27ClN2O3. The maximum Gasteiger partial charge on any atom is 0.290 e. The summed E-state index contributed by atoms with van der Waals surface area (Å²) >= 11 is 0. The lowest BCUT2D eigenvalue weighted by Crippen LogP contribution is -2.42. The first-order valence-corrected chi connectivity index (χ1v) is 9.81. The number of methoxy groups -OCH3 is 1. The van der Waals surface area contributed by atoms with Gasteiger partial charge in [0.15, 0.2) is 0 Å². The third-order valence-corrected chi connectivity index (χ3v) is 5.45. The van der Waals surface area contributed by atoms with Crippen molar-refractivity contribution in [3.63, 3.8) is 0 Å². The van der Waals surface area contributed by atoms with Crippen LogP contribution in [0.3, 0.4) is 0 Å². The third kappa shape index (κ3) is 4.26. The van der Waals surface area contributed by atoms with Crippen LogP contribution in [-0.2, 0) is 0 Å². The predicted octanol–water partition coefficient (Wildman–Crippen LogP) is 4.60. The second-order valence-electron chi connectivity index (χ2n) is 7.35. The molecule has 1 atom stereocenters. The number of nitrogens with one attached hydrogen (secondary N) is 1. The lowest BCUT2D eigenvalue weighted by molar-refractivity contribution is 0.0645. The Morgan fingerprint density at radius 2 is 2.03 bits per heavy atom. The molecule has 1 amide bonds. The number of furan rings is 1. The molecule has 0 spiro atoms. The summed E-state index contributed by atoms with van der Waals surface area (Å²) in [7, 11) is 3.59. The highest BCUT2D eigenvalue weighted by atomic mass is 35.5. The van der Waals surface area contributed by atoms with E-state index in [0.717, 1.165) is 49.0 Å². The number of carbonyl (C=O) groups excluding carboxylic acids is 1. The van der Waals surface area contributed by atoms with Gasteiger partial charge in [-0.2, -0.15) is 0 Å². The van der Waals surface area contributed by atoms with E-state index in [9.17, 15) is 4.79 Å². The Bertz CT molecular complexity index is 969. The predicted molar refractivity (Wildman–Crippen MR) is 118 cm³/mol. The van der Waals surface area contributed by atoms with Crippen molar-refractivity contribution in [2.45, 2.75) is 12.8 Å². The van der Waals surface area contributed by atoms with Crippen LogP contribution in [0, 0.1) is 5.92 Å². The van der Waals surface area contributed by atoms with Crippen LogP contribution in [0.1, 0.15) is 23.4 Å². The summed E-state index contributed by atoms with van der Waals surface area (Å²) in [4.78, 5) is 15.4. The fourth-order valence-corrected chi connectivity index (χ4v) is 4.09. The molecule has 2 heterocycles. The van der Waals surface area contributed by atoms with Crippen LogP contribution < -0.4 is 10.1 Å². The number of carbonyl (C=O) groups is 1. The summed E-state index contributed by atoms with van der Waals surface area (Å²) in [6.07, 6.45) is 2.17. The second kappa shape index (κ2) is 9.33. The Balaban J connectivity index is 0.00000240. The zero-order valence-electron chi connectivity index (χ0n) is 16.8. The number of benzene rings is 2. The maximum atomic E-state index is 13.4. The summed E-state index contributed by atoms with van der Waals surface area (Å²) < 4.78 is 11.5. The van der Waals surface area contributed by atoms with E-state index in [0.29, 0.717) is 23.0 Å². The minimum Gasteiger partial charge on any atom is -0.497 e. The zero-order valence-corrected chi connectivity index (χ0v) is 17.6. The molecule has 1 unspecified atom stereocenters. The van der Waals surface area contributed by atoms with Crippen molar-refractivity contribution < 1.29 is 13.9 Å². The Kier molecular flexibility index (Phi) is 6.83. The number of rotatable bonds is 5. The van der Waals surface area contributed by atoms with Crippen LogP contribution in [0.5, 0.6) is 5.75 Å². The quantitative estimate of drug-likeness (QED) is 0.662. The van der Waals surface area contributed by atoms with Crippen LogP contribution in [0.4, 0.5) is 0 Å². The van der Waals surface area contributed by atoms with E-state index in [1.54, 1.807) is 7.11 Å². The molecule has 1 aliphatic heterocycles. The molecule has 154 valence electrons. The van der Waals surface area contributed by atoms with Gasteiger partial charge in [-0.15, -0.1) is 12.4 Å². The van der Waals surface area contributed by atoms with Gasteiger partial charge in [-0.3, -0.25) is 4.79 Å². The first-order chi connectivity index (χ1) is 13.7. The van der Waals surface area contributed by atoms with Gasteiger partial charge >= 0.3 is 0 Å². The molecule has 1 N–H and O–H groups in total. The molecule has 1 aliphatic rings. The molecule has 2 aromatic carbocycles. The van der Waals surface area contributed by atoms with E-state index in [1.165, 1.54) is 0 Å². The minimum absolute atomic E-state index is 0. The first-order valence-electron chi connectivity index (χ1n) is 9.81. The minimum atomic E-state index is -0.0326. The Hall–Kier alpha value is -2.50. The SMILES string of the molecule is CNCC1CCCN(C(=O)c2oc3cc(OC)ccc3c2-c2ccccc2)C1.Cl. The van der Waals surface area contributed by atoms with Crippen molar-refractivity contribution in [2.75, 3.05) is 33.8 Å². The average molecular weight is 415 g/mol. The highest BCUT2D eigenvalue weighted by Crippen LogP contribution is 2.37. The molecule has 5 nitrogen and oxygen atoms in total. The van der Waals surface area contributed by atoms with E-state index >= 15 is 0 Å². The average Bonchev–Trinajstić information content (AvgIpc) is 3.12. The van der Waals surface area contributed by atoms with Crippen molar-refractivity contribution in [2.24, 2.45) is 5.92 Å². The molecule has 1 saturated heterocycles. The van der Waals surface area contributed by atoms with Crippen molar-refractivity contribution in [3.05, 3.63) is 54.3 Å². The van der Waals surface area contributed by atoms with Crippen molar-refractivity contribution >= 4 is 29.3 Å². The van der Waals surface area contributed by atoms with Gasteiger partial charge in [-0.1, -0.05) is 30.3 Å². The summed E-state index contributed by atoms with van der Waals surface area (Å²) in [6, 6.07) is 15.7. The van der Waals surface area contributed by atoms with E-state index in [-0.39, 0.29) is 18.3 Å². The van der Waals surface area contributed by atoms with Crippen molar-refractivity contribution in [1.29, 1.82) is 0 Å². The topological polar surface area (TPSA) is 54.7 Å². The first kappa shape index (κ1) is 21.2. The van der Waals surface area contributed by atoms with Gasteiger partial charge in [-0.25, -0.2) is 0 Å². The number of halogens is 1. The number of likely N-dealkylation sites (tertiary alicyclic amines) is 1. The lowest BCUT2D eigenvalue weighted by atomic mass is 9.96. The smallest absolute Gasteiger partial charge is 0.290 e. The number of nitrogens with zero attached hydrogens (tertiary/aromatic N) is 1. The van der Waals surface area contributed by atoms with Crippen LogP contribution in [0.25, 0.3) is 22.1 Å². The van der Waals surface area contributed by atoms with Gasteiger partial charge in [0.05, 0.1) is 7.11 Å². The molecule has 1 fully saturated rings. The highest BCUT2D eigenvalue weighted by Gasteiger charge is 2.29. The van der Waals surface area contributed by atoms with Crippen molar-refractivity contribution in [1.82, 2.24) is 10.2 Å². The Morgan fingerprint density at radius 1 is 1.24 bits per heavy atom. The largest absolute Gasteiger partial charge is 0.497 e. The molecular weight excluding hydrogens is 388 g/mol. The molecule has 6 heteroatoms. The van der Waals surface area contributed by atoms with E-state index in [4.69, 9.17) is 9.15 Å². The van der Waals surface area contributed by atoms with Crippen LogP contribution in [-0.4, -0.2) is 44.6 Å². The number of amides is 1. The van der Waals surface area contributed by atoms with Gasteiger partial charge in [-0.05, 0) is 50.0 Å². The zero-order chi connectivity index (χ0) is 19.5. The fraction of sp³-hybridized carbons (Fsp3) is 0.348. The van der Waals surface area contributed by atoms with Gasteiger partial charge in [0, 0.05) is 30.1 Å². The van der Waals surface area contributed by atoms with Crippen LogP contribution in [0.2, 0.25) is 0 Å². The molecule has 0 bridgehead atoms. The van der Waals surface area contributed by atoms with Crippen LogP contribution >= 0.6 is 12.4 Å². The summed E-state index contributed by atoms with van der Waals surface area (Å²) in [5, 5.41) is 4.16. The summed E-state index contributed by atoms with van der Waals surface area (Å²) in [6.45, 7) is 2.45. The van der Waals surface area contributed by atoms with Crippen LogP contribution in [0.15, 0.2) is 52.9 Å². The van der Waals surface area contributed by atoms with Crippen molar-refractivity contribution in [3.8, 4) is 16.9 Å². The lowest BCUT2D eigenvalue weighted by Gasteiger charge is -2.32. The monoisotopic (exact) mass is 414 g/mol. The number of fused-ring (bicyclic) bond motifs is 1. The summed E-state index contributed by atoms with van der Waals surface area (Å²) in [5.41, 5.74) is 2.52. The number of hydrogen-bond acceptors (Lipinski definition) is 4. The number of piperidine rings is 1. The number of hydrogen-bond donors (Lipinski definition) is 1. The normalized spacial score (nSPS) is 16.5. The van der Waals surface area contributed by atoms with Gasteiger partial charge < -0.3 is 19.4 Å². The molecule has 3 aromatic rings. The van der Waals surface area contributed by atoms with Gasteiger partial charge in [0.1, 0.15) is 11.3 Å². The summed E-state index contributed by atoms with van der Waals surface area (Å²) in [5.74, 6) is 1.58.